The van der Waals surface area contributed by atoms with Crippen molar-refractivity contribution >= 4 is 17.3 Å². The van der Waals surface area contributed by atoms with Crippen LogP contribution in [0.15, 0.2) is 11.0 Å². The van der Waals surface area contributed by atoms with Crippen LogP contribution < -0.4 is 10.9 Å². The van der Waals surface area contributed by atoms with Gasteiger partial charge in [-0.3, -0.25) is 4.79 Å². The van der Waals surface area contributed by atoms with Crippen LogP contribution in [0.5, 0.6) is 0 Å². The molecule has 0 bridgehead atoms. The Morgan fingerprint density at radius 3 is 2.55 bits per heavy atom. The highest BCUT2D eigenvalue weighted by Crippen LogP contribution is 2.29. The lowest BCUT2D eigenvalue weighted by Gasteiger charge is -2.29. The van der Waals surface area contributed by atoms with Gasteiger partial charge < -0.3 is 5.32 Å². The summed E-state index contributed by atoms with van der Waals surface area (Å²) < 4.78 is 1.42. The van der Waals surface area contributed by atoms with Crippen LogP contribution in [0.25, 0.3) is 0 Å². The molecule has 5 heteroatoms. The standard InChI is InChI=1S/C15H24ClN3O/c1-10(2)19-15(20)14(16)13(9-17-19)18-11(3)12-7-5-4-6-8-12/h9-12,18H,4-8H2,1-3H3. The van der Waals surface area contributed by atoms with Crippen LogP contribution in [-0.2, 0) is 0 Å². The third-order valence-electron chi connectivity index (χ3n) is 4.17. The molecule has 0 amide bonds. The van der Waals surface area contributed by atoms with Crippen molar-refractivity contribution in [3.8, 4) is 0 Å². The number of hydrogen-bond acceptors (Lipinski definition) is 3. The van der Waals surface area contributed by atoms with E-state index >= 15 is 0 Å². The molecule has 112 valence electrons. The van der Waals surface area contributed by atoms with Gasteiger partial charge in [-0.25, -0.2) is 4.68 Å². The fourth-order valence-corrected chi connectivity index (χ4v) is 3.10. The van der Waals surface area contributed by atoms with Gasteiger partial charge in [-0.05, 0) is 39.5 Å². The first-order chi connectivity index (χ1) is 9.50. The first-order valence-electron chi connectivity index (χ1n) is 7.54. The molecule has 1 aromatic rings. The average Bonchev–Trinajstić information content (AvgIpc) is 2.44. The van der Waals surface area contributed by atoms with Crippen molar-refractivity contribution in [3.05, 3.63) is 21.6 Å². The molecule has 1 N–H and O–H groups in total. The van der Waals surface area contributed by atoms with Crippen molar-refractivity contribution < 1.29 is 0 Å². The highest BCUT2D eigenvalue weighted by atomic mass is 35.5. The van der Waals surface area contributed by atoms with E-state index in [1.54, 1.807) is 6.20 Å². The van der Waals surface area contributed by atoms with E-state index in [9.17, 15) is 4.79 Å². The smallest absolute Gasteiger partial charge is 0.287 e. The Morgan fingerprint density at radius 2 is 1.95 bits per heavy atom. The number of rotatable bonds is 4. The van der Waals surface area contributed by atoms with Gasteiger partial charge in [-0.2, -0.15) is 5.10 Å². The molecule has 1 unspecified atom stereocenters. The average molecular weight is 298 g/mol. The van der Waals surface area contributed by atoms with Gasteiger partial charge in [0.15, 0.2) is 0 Å². The molecule has 0 spiro atoms. The summed E-state index contributed by atoms with van der Waals surface area (Å²) in [7, 11) is 0. The topological polar surface area (TPSA) is 46.9 Å². The molecule has 0 radical (unpaired) electrons. The van der Waals surface area contributed by atoms with Gasteiger partial charge in [0.25, 0.3) is 5.56 Å². The van der Waals surface area contributed by atoms with E-state index in [1.807, 2.05) is 13.8 Å². The molecular weight excluding hydrogens is 274 g/mol. The van der Waals surface area contributed by atoms with E-state index in [-0.39, 0.29) is 16.6 Å². The van der Waals surface area contributed by atoms with E-state index in [0.29, 0.717) is 17.6 Å². The number of nitrogens with zero attached hydrogens (tertiary/aromatic N) is 2. The van der Waals surface area contributed by atoms with Crippen molar-refractivity contribution in [1.82, 2.24) is 9.78 Å². The van der Waals surface area contributed by atoms with Gasteiger partial charge in [-0.15, -0.1) is 0 Å². The highest BCUT2D eigenvalue weighted by Gasteiger charge is 2.21. The van der Waals surface area contributed by atoms with Gasteiger partial charge in [0.1, 0.15) is 5.02 Å². The molecule has 1 heterocycles. The van der Waals surface area contributed by atoms with E-state index in [1.165, 1.54) is 36.8 Å². The normalized spacial score (nSPS) is 18.2. The Morgan fingerprint density at radius 1 is 1.30 bits per heavy atom. The maximum atomic E-state index is 12.1. The second-order valence-electron chi connectivity index (χ2n) is 6.05. The fourth-order valence-electron chi connectivity index (χ4n) is 2.91. The number of aromatic nitrogens is 2. The Hall–Kier alpha value is -1.03. The quantitative estimate of drug-likeness (QED) is 0.918. The van der Waals surface area contributed by atoms with E-state index in [2.05, 4.69) is 17.3 Å². The van der Waals surface area contributed by atoms with Crippen LogP contribution in [0.2, 0.25) is 5.02 Å². The van der Waals surface area contributed by atoms with Gasteiger partial charge >= 0.3 is 0 Å². The summed E-state index contributed by atoms with van der Waals surface area (Å²) in [6.07, 6.45) is 8.12. The van der Waals surface area contributed by atoms with Gasteiger partial charge in [-0.1, -0.05) is 30.9 Å². The number of hydrogen-bond donors (Lipinski definition) is 1. The monoisotopic (exact) mass is 297 g/mol. The molecule has 1 aliphatic rings. The molecule has 0 aliphatic heterocycles. The van der Waals surface area contributed by atoms with Crippen LogP contribution >= 0.6 is 11.6 Å². The summed E-state index contributed by atoms with van der Waals surface area (Å²) in [5, 5.41) is 7.82. The van der Waals surface area contributed by atoms with Crippen LogP contribution in [0.3, 0.4) is 0 Å². The molecule has 4 nitrogen and oxygen atoms in total. The van der Waals surface area contributed by atoms with Gasteiger partial charge in [0, 0.05) is 6.04 Å². The summed E-state index contributed by atoms with van der Waals surface area (Å²) in [6, 6.07) is 0.341. The number of halogens is 1. The SMILES string of the molecule is CC(Nc1cnn(C(C)C)c(=O)c1Cl)C1CCCCC1. The first kappa shape index (κ1) is 15.4. The summed E-state index contributed by atoms with van der Waals surface area (Å²) in [5.41, 5.74) is 0.439. The molecule has 1 fully saturated rings. The zero-order valence-electron chi connectivity index (χ0n) is 12.5. The molecule has 1 aliphatic carbocycles. The molecule has 1 atom stereocenters. The molecule has 0 aromatic carbocycles. The second kappa shape index (κ2) is 6.61. The summed E-state index contributed by atoms with van der Waals surface area (Å²) in [4.78, 5) is 12.1. The van der Waals surface area contributed by atoms with Crippen molar-refractivity contribution in [2.75, 3.05) is 5.32 Å². The van der Waals surface area contributed by atoms with Crippen molar-refractivity contribution in [3.63, 3.8) is 0 Å². The van der Waals surface area contributed by atoms with Gasteiger partial charge in [0.05, 0.1) is 17.9 Å². The first-order valence-corrected chi connectivity index (χ1v) is 7.92. The zero-order chi connectivity index (χ0) is 14.7. The van der Waals surface area contributed by atoms with Crippen LogP contribution in [0, 0.1) is 5.92 Å². The van der Waals surface area contributed by atoms with Crippen LogP contribution in [-0.4, -0.2) is 15.8 Å². The van der Waals surface area contributed by atoms with E-state index in [4.69, 9.17) is 11.6 Å². The zero-order valence-corrected chi connectivity index (χ0v) is 13.3. The molecular formula is C15H24ClN3O. The molecule has 2 rings (SSSR count). The molecule has 0 saturated heterocycles. The molecule has 1 saturated carbocycles. The maximum absolute atomic E-state index is 12.1. The number of anilines is 1. The minimum Gasteiger partial charge on any atom is -0.380 e. The Bertz CT molecular complexity index is 506. The fraction of sp³-hybridized carbons (Fsp3) is 0.733. The Kier molecular flexibility index (Phi) is 5.08. The molecule has 20 heavy (non-hydrogen) atoms. The lowest BCUT2D eigenvalue weighted by atomic mass is 9.84. The third-order valence-corrected chi connectivity index (χ3v) is 4.54. The summed E-state index contributed by atoms with van der Waals surface area (Å²) in [6.45, 7) is 6.01. The van der Waals surface area contributed by atoms with Crippen molar-refractivity contribution in [2.45, 2.75) is 65.0 Å². The van der Waals surface area contributed by atoms with E-state index in [0.717, 1.165) is 0 Å². The largest absolute Gasteiger partial charge is 0.380 e. The second-order valence-corrected chi connectivity index (χ2v) is 6.42. The Labute approximate surface area is 125 Å². The molecule has 1 aromatic heterocycles. The number of nitrogens with one attached hydrogen (secondary N) is 1. The predicted molar refractivity (Wildman–Crippen MR) is 83.6 cm³/mol. The Balaban J connectivity index is 2.13. The van der Waals surface area contributed by atoms with Crippen LogP contribution in [0.4, 0.5) is 5.69 Å². The van der Waals surface area contributed by atoms with Crippen LogP contribution in [0.1, 0.15) is 58.9 Å². The summed E-state index contributed by atoms with van der Waals surface area (Å²) in [5.74, 6) is 0.660. The van der Waals surface area contributed by atoms with Gasteiger partial charge in [0.2, 0.25) is 0 Å². The minimum absolute atomic E-state index is 0.0183. The highest BCUT2D eigenvalue weighted by molar-refractivity contribution is 6.32. The lowest BCUT2D eigenvalue weighted by molar-refractivity contribution is 0.328. The lowest BCUT2D eigenvalue weighted by Crippen LogP contribution is -2.30. The minimum atomic E-state index is -0.220. The van der Waals surface area contributed by atoms with E-state index < -0.39 is 0 Å². The predicted octanol–water partition coefficient (Wildman–Crippen LogP) is 3.86. The van der Waals surface area contributed by atoms with Crippen molar-refractivity contribution in [1.29, 1.82) is 0 Å². The third kappa shape index (κ3) is 3.35. The summed E-state index contributed by atoms with van der Waals surface area (Å²) >= 11 is 6.19. The maximum Gasteiger partial charge on any atom is 0.287 e. The van der Waals surface area contributed by atoms with Crippen molar-refractivity contribution in [2.24, 2.45) is 5.92 Å².